The smallest absolute Gasteiger partial charge is 0.0702 e. The third-order valence-electron chi connectivity index (χ3n) is 2.81. The molecule has 0 atom stereocenters. The number of rotatable bonds is 4. The Morgan fingerprint density at radius 2 is 1.94 bits per heavy atom. The van der Waals surface area contributed by atoms with E-state index < -0.39 is 0 Å². The topological polar surface area (TPSA) is 12.9 Å². The van der Waals surface area contributed by atoms with Crippen molar-refractivity contribution in [3.8, 4) is 11.3 Å². The lowest BCUT2D eigenvalue weighted by Crippen LogP contribution is -1.86. The van der Waals surface area contributed by atoms with Gasteiger partial charge >= 0.3 is 0 Å². The average molecular weight is 235 g/mol. The summed E-state index contributed by atoms with van der Waals surface area (Å²) in [6.07, 6.45) is 6.95. The van der Waals surface area contributed by atoms with Crippen LogP contribution in [0.25, 0.3) is 16.8 Å². The maximum absolute atomic E-state index is 4.51. The molecule has 0 spiro atoms. The first-order chi connectivity index (χ1) is 8.85. The van der Waals surface area contributed by atoms with Crippen molar-refractivity contribution in [2.45, 2.75) is 13.3 Å². The minimum atomic E-state index is 0.999. The fourth-order valence-electron chi connectivity index (χ4n) is 1.88. The van der Waals surface area contributed by atoms with Gasteiger partial charge in [-0.3, -0.25) is 4.98 Å². The van der Waals surface area contributed by atoms with E-state index in [1.807, 2.05) is 30.5 Å². The number of hydrogen-bond acceptors (Lipinski definition) is 1. The van der Waals surface area contributed by atoms with Gasteiger partial charge in [0, 0.05) is 11.8 Å². The molecule has 1 heterocycles. The molecule has 1 heteroatoms. The fraction of sp³-hybridized carbons (Fsp3) is 0.118. The van der Waals surface area contributed by atoms with E-state index in [0.29, 0.717) is 0 Å². The van der Waals surface area contributed by atoms with E-state index in [1.54, 1.807) is 0 Å². The lowest BCUT2D eigenvalue weighted by molar-refractivity contribution is 1.22. The van der Waals surface area contributed by atoms with E-state index >= 15 is 0 Å². The molecular formula is C17H17N. The van der Waals surface area contributed by atoms with Gasteiger partial charge in [0.1, 0.15) is 0 Å². The van der Waals surface area contributed by atoms with Gasteiger partial charge in [0.2, 0.25) is 0 Å². The summed E-state index contributed by atoms with van der Waals surface area (Å²) in [6.45, 7) is 5.96. The third kappa shape index (κ3) is 2.75. The Morgan fingerprint density at radius 1 is 1.17 bits per heavy atom. The van der Waals surface area contributed by atoms with Gasteiger partial charge < -0.3 is 0 Å². The van der Waals surface area contributed by atoms with Crippen molar-refractivity contribution in [2.75, 3.05) is 0 Å². The molecule has 0 aliphatic heterocycles. The first-order valence-corrected chi connectivity index (χ1v) is 6.19. The molecule has 0 saturated carbocycles. The van der Waals surface area contributed by atoms with Crippen molar-refractivity contribution in [3.63, 3.8) is 0 Å². The second-order valence-electron chi connectivity index (χ2n) is 4.07. The number of pyridine rings is 1. The van der Waals surface area contributed by atoms with Crippen molar-refractivity contribution in [1.29, 1.82) is 0 Å². The van der Waals surface area contributed by atoms with Gasteiger partial charge in [0.25, 0.3) is 0 Å². The second kappa shape index (κ2) is 5.97. The monoisotopic (exact) mass is 235 g/mol. The van der Waals surface area contributed by atoms with Gasteiger partial charge in [0.05, 0.1) is 5.69 Å². The van der Waals surface area contributed by atoms with Crippen molar-refractivity contribution in [1.82, 2.24) is 4.98 Å². The van der Waals surface area contributed by atoms with Gasteiger partial charge in [-0.15, -0.1) is 0 Å². The first kappa shape index (κ1) is 12.3. The molecule has 90 valence electrons. The molecular weight excluding hydrogens is 218 g/mol. The molecule has 0 saturated heterocycles. The van der Waals surface area contributed by atoms with Crippen molar-refractivity contribution >= 4 is 5.57 Å². The van der Waals surface area contributed by atoms with Gasteiger partial charge in [-0.05, 0) is 23.6 Å². The van der Waals surface area contributed by atoms with E-state index in [4.69, 9.17) is 0 Å². The lowest BCUT2D eigenvalue weighted by atomic mass is 10.1. The highest BCUT2D eigenvalue weighted by atomic mass is 14.7. The Labute approximate surface area is 109 Å². The number of aromatic nitrogens is 1. The number of allylic oxidation sites excluding steroid dienone is 3. The Morgan fingerprint density at radius 3 is 2.50 bits per heavy atom. The molecule has 1 aromatic heterocycles. The number of benzene rings is 1. The Hall–Kier alpha value is -2.15. The van der Waals surface area contributed by atoms with Crippen molar-refractivity contribution in [3.05, 3.63) is 73.0 Å². The SMILES string of the molecule is C=C/C(=C\CC)c1ccc(-c2ccccc2)nc1. The van der Waals surface area contributed by atoms with Gasteiger partial charge in [-0.1, -0.05) is 62.1 Å². The number of nitrogens with zero attached hydrogens (tertiary/aromatic N) is 1. The summed E-state index contributed by atoms with van der Waals surface area (Å²) in [5.41, 5.74) is 4.40. The highest BCUT2D eigenvalue weighted by molar-refractivity contribution is 5.74. The zero-order valence-electron chi connectivity index (χ0n) is 10.6. The molecule has 1 aromatic carbocycles. The van der Waals surface area contributed by atoms with Crippen LogP contribution in [-0.4, -0.2) is 4.98 Å². The summed E-state index contributed by atoms with van der Waals surface area (Å²) in [4.78, 5) is 4.51. The summed E-state index contributed by atoms with van der Waals surface area (Å²) in [6, 6.07) is 14.3. The van der Waals surface area contributed by atoms with Crippen molar-refractivity contribution in [2.24, 2.45) is 0 Å². The van der Waals surface area contributed by atoms with Gasteiger partial charge in [-0.25, -0.2) is 0 Å². The Balaban J connectivity index is 2.31. The van der Waals surface area contributed by atoms with Crippen molar-refractivity contribution < 1.29 is 0 Å². The summed E-state index contributed by atoms with van der Waals surface area (Å²) in [7, 11) is 0. The van der Waals surface area contributed by atoms with Crippen LogP contribution >= 0.6 is 0 Å². The van der Waals surface area contributed by atoms with Gasteiger partial charge in [-0.2, -0.15) is 0 Å². The normalized spacial score (nSPS) is 11.3. The lowest BCUT2D eigenvalue weighted by Gasteiger charge is -2.04. The standard InChI is InChI=1S/C17H17N/c1-3-8-14(4-2)16-11-12-17(18-13-16)15-9-6-5-7-10-15/h4-13H,2-3H2,1H3/b14-8+. The first-order valence-electron chi connectivity index (χ1n) is 6.19. The molecule has 0 unspecified atom stereocenters. The molecule has 18 heavy (non-hydrogen) atoms. The predicted molar refractivity (Wildman–Crippen MR) is 78.1 cm³/mol. The summed E-state index contributed by atoms with van der Waals surface area (Å²) < 4.78 is 0. The zero-order valence-corrected chi connectivity index (χ0v) is 10.6. The molecule has 2 aromatic rings. The minimum absolute atomic E-state index is 0.999. The zero-order chi connectivity index (χ0) is 12.8. The summed E-state index contributed by atoms with van der Waals surface area (Å²) in [5.74, 6) is 0. The van der Waals surface area contributed by atoms with E-state index in [9.17, 15) is 0 Å². The van der Waals surface area contributed by atoms with Crippen LogP contribution in [0.5, 0.6) is 0 Å². The van der Waals surface area contributed by atoms with Crippen LogP contribution in [0.3, 0.4) is 0 Å². The largest absolute Gasteiger partial charge is 0.256 e. The average Bonchev–Trinajstić information content (AvgIpc) is 2.46. The van der Waals surface area contributed by atoms with E-state index in [2.05, 4.69) is 48.8 Å². The summed E-state index contributed by atoms with van der Waals surface area (Å²) in [5, 5.41) is 0. The van der Waals surface area contributed by atoms with E-state index in [0.717, 1.165) is 28.8 Å². The summed E-state index contributed by atoms with van der Waals surface area (Å²) >= 11 is 0. The molecule has 1 nitrogen and oxygen atoms in total. The maximum atomic E-state index is 4.51. The fourth-order valence-corrected chi connectivity index (χ4v) is 1.88. The van der Waals surface area contributed by atoms with Crippen LogP contribution in [0.2, 0.25) is 0 Å². The van der Waals surface area contributed by atoms with Crippen LogP contribution < -0.4 is 0 Å². The highest BCUT2D eigenvalue weighted by Gasteiger charge is 2.00. The van der Waals surface area contributed by atoms with E-state index in [-0.39, 0.29) is 0 Å². The highest BCUT2D eigenvalue weighted by Crippen LogP contribution is 2.20. The Bertz CT molecular complexity index is 536. The van der Waals surface area contributed by atoms with Crippen LogP contribution in [0, 0.1) is 0 Å². The molecule has 0 amide bonds. The molecule has 0 fully saturated rings. The van der Waals surface area contributed by atoms with Crippen LogP contribution in [0.15, 0.2) is 67.4 Å². The van der Waals surface area contributed by atoms with Crippen LogP contribution in [0.1, 0.15) is 18.9 Å². The second-order valence-corrected chi connectivity index (χ2v) is 4.07. The molecule has 0 radical (unpaired) electrons. The molecule has 0 aliphatic carbocycles. The quantitative estimate of drug-likeness (QED) is 0.698. The third-order valence-corrected chi connectivity index (χ3v) is 2.81. The van der Waals surface area contributed by atoms with E-state index in [1.165, 1.54) is 0 Å². The van der Waals surface area contributed by atoms with Crippen LogP contribution in [0.4, 0.5) is 0 Å². The predicted octanol–water partition coefficient (Wildman–Crippen LogP) is 4.73. The Kier molecular flexibility index (Phi) is 4.08. The van der Waals surface area contributed by atoms with Crippen LogP contribution in [-0.2, 0) is 0 Å². The molecule has 0 aliphatic rings. The number of hydrogen-bond donors (Lipinski definition) is 0. The maximum Gasteiger partial charge on any atom is 0.0702 e. The molecule has 0 bridgehead atoms. The minimum Gasteiger partial charge on any atom is -0.256 e. The van der Waals surface area contributed by atoms with Gasteiger partial charge in [0.15, 0.2) is 0 Å². The molecule has 2 rings (SSSR count). The molecule has 0 N–H and O–H groups in total.